The zero-order valence-electron chi connectivity index (χ0n) is 16.0. The molecule has 142 valence electrons. The minimum atomic E-state index is 0.0113. The second-order valence-electron chi connectivity index (χ2n) is 6.95. The maximum Gasteiger partial charge on any atom is 0.262 e. The monoisotopic (exact) mass is 390 g/mol. The van der Waals surface area contributed by atoms with Crippen LogP contribution in [0.1, 0.15) is 17.5 Å². The minimum absolute atomic E-state index is 0.0113. The van der Waals surface area contributed by atoms with E-state index >= 15 is 0 Å². The molecule has 2 heterocycles. The lowest BCUT2D eigenvalue weighted by molar-refractivity contribution is 0.301. The van der Waals surface area contributed by atoms with Crippen LogP contribution in [0.4, 0.5) is 0 Å². The van der Waals surface area contributed by atoms with Gasteiger partial charge in [-0.15, -0.1) is 11.3 Å². The van der Waals surface area contributed by atoms with E-state index in [9.17, 15) is 4.79 Å². The van der Waals surface area contributed by atoms with Crippen molar-refractivity contribution in [2.75, 3.05) is 6.61 Å². The highest BCUT2D eigenvalue weighted by atomic mass is 32.1. The number of hydrogen-bond acceptors (Lipinski definition) is 4. The molecule has 0 spiro atoms. The summed E-state index contributed by atoms with van der Waals surface area (Å²) >= 11 is 1.51. The first-order chi connectivity index (χ1) is 13.6. The maximum absolute atomic E-state index is 13.0. The Morgan fingerprint density at radius 2 is 1.68 bits per heavy atom. The fourth-order valence-corrected chi connectivity index (χ4v) is 4.04. The summed E-state index contributed by atoms with van der Waals surface area (Å²) in [4.78, 5) is 18.3. The second kappa shape index (κ2) is 7.98. The van der Waals surface area contributed by atoms with E-state index < -0.39 is 0 Å². The van der Waals surface area contributed by atoms with E-state index in [4.69, 9.17) is 4.74 Å². The molecule has 4 nitrogen and oxygen atoms in total. The summed E-state index contributed by atoms with van der Waals surface area (Å²) in [5, 5.41) is 2.73. The van der Waals surface area contributed by atoms with Crippen LogP contribution in [0, 0.1) is 13.8 Å². The highest BCUT2D eigenvalue weighted by Gasteiger charge is 2.13. The molecule has 4 rings (SSSR count). The smallest absolute Gasteiger partial charge is 0.262 e. The quantitative estimate of drug-likeness (QED) is 0.425. The first kappa shape index (κ1) is 18.4. The number of aromatic nitrogens is 2. The Labute approximate surface area is 168 Å². The van der Waals surface area contributed by atoms with E-state index in [2.05, 4.69) is 43.1 Å². The Morgan fingerprint density at radius 1 is 1.00 bits per heavy atom. The van der Waals surface area contributed by atoms with Crippen LogP contribution in [0.2, 0.25) is 0 Å². The third-order valence-electron chi connectivity index (χ3n) is 4.76. The van der Waals surface area contributed by atoms with Gasteiger partial charge in [-0.25, -0.2) is 4.98 Å². The molecule has 0 aliphatic carbocycles. The van der Waals surface area contributed by atoms with Gasteiger partial charge in [-0.2, -0.15) is 0 Å². The molecule has 0 unspecified atom stereocenters. The van der Waals surface area contributed by atoms with E-state index in [-0.39, 0.29) is 5.56 Å². The molecule has 0 saturated heterocycles. The third-order valence-corrected chi connectivity index (χ3v) is 5.64. The van der Waals surface area contributed by atoms with Crippen LogP contribution in [0.3, 0.4) is 0 Å². The van der Waals surface area contributed by atoms with E-state index in [0.29, 0.717) is 18.5 Å². The van der Waals surface area contributed by atoms with Gasteiger partial charge in [0.2, 0.25) is 0 Å². The fourth-order valence-electron chi connectivity index (χ4n) is 3.13. The number of fused-ring (bicyclic) bond motifs is 1. The number of nitrogens with zero attached hydrogens (tertiary/aromatic N) is 2. The summed E-state index contributed by atoms with van der Waals surface area (Å²) in [5.41, 5.74) is 4.43. The lowest BCUT2D eigenvalue weighted by Gasteiger charge is -2.08. The first-order valence-electron chi connectivity index (χ1n) is 9.35. The number of aryl methyl sites for hydroxylation is 3. The molecule has 0 atom stereocenters. The number of rotatable bonds is 6. The Bertz CT molecular complexity index is 1140. The van der Waals surface area contributed by atoms with E-state index in [1.165, 1.54) is 22.5 Å². The molecular formula is C23H22N2O2S. The molecule has 0 amide bonds. The van der Waals surface area contributed by atoms with E-state index in [1.807, 2.05) is 29.6 Å². The summed E-state index contributed by atoms with van der Waals surface area (Å²) in [6.45, 7) is 5.25. The fraction of sp³-hybridized carbons (Fsp3) is 0.217. The van der Waals surface area contributed by atoms with Gasteiger partial charge in [0, 0.05) is 17.5 Å². The number of thiophene rings is 1. The second-order valence-corrected chi connectivity index (χ2v) is 7.81. The average molecular weight is 391 g/mol. The Balaban J connectivity index is 1.51. The molecule has 0 radical (unpaired) electrons. The average Bonchev–Trinajstić information content (AvgIpc) is 3.14. The van der Waals surface area contributed by atoms with Crippen molar-refractivity contribution in [3.8, 4) is 16.9 Å². The third kappa shape index (κ3) is 3.85. The highest BCUT2D eigenvalue weighted by Crippen LogP contribution is 2.30. The van der Waals surface area contributed by atoms with Crippen LogP contribution in [0.25, 0.3) is 21.3 Å². The summed E-state index contributed by atoms with van der Waals surface area (Å²) in [6.07, 6.45) is 2.39. The number of ether oxygens (including phenoxy) is 1. The van der Waals surface area contributed by atoms with Crippen LogP contribution < -0.4 is 10.3 Å². The summed E-state index contributed by atoms with van der Waals surface area (Å²) in [7, 11) is 0. The van der Waals surface area contributed by atoms with Crippen molar-refractivity contribution < 1.29 is 4.74 Å². The van der Waals surface area contributed by atoms with Crippen LogP contribution in [-0.2, 0) is 6.54 Å². The molecule has 0 bridgehead atoms. The van der Waals surface area contributed by atoms with Crippen molar-refractivity contribution in [3.05, 3.63) is 81.7 Å². The number of benzene rings is 2. The summed E-state index contributed by atoms with van der Waals surface area (Å²) in [6, 6.07) is 16.2. The van der Waals surface area contributed by atoms with Crippen LogP contribution in [0.5, 0.6) is 5.75 Å². The Kier molecular flexibility index (Phi) is 5.26. The molecule has 2 aromatic heterocycles. The molecule has 28 heavy (non-hydrogen) atoms. The molecule has 5 heteroatoms. The topological polar surface area (TPSA) is 44.1 Å². The lowest BCUT2D eigenvalue weighted by atomic mass is 10.1. The van der Waals surface area contributed by atoms with Crippen molar-refractivity contribution in [3.63, 3.8) is 0 Å². The van der Waals surface area contributed by atoms with Gasteiger partial charge in [0.15, 0.2) is 0 Å². The zero-order valence-corrected chi connectivity index (χ0v) is 16.8. The molecule has 0 fully saturated rings. The summed E-state index contributed by atoms with van der Waals surface area (Å²) < 4.78 is 7.45. The van der Waals surface area contributed by atoms with E-state index in [1.54, 1.807) is 10.9 Å². The van der Waals surface area contributed by atoms with Crippen LogP contribution in [0.15, 0.2) is 65.0 Å². The molecule has 0 aliphatic rings. The SMILES string of the molecule is Cc1ccc(OCCCn2cnc3scc(-c4ccc(C)cc4)c3c2=O)cc1. The van der Waals surface area contributed by atoms with Crippen LogP contribution >= 0.6 is 11.3 Å². The van der Waals surface area contributed by atoms with E-state index in [0.717, 1.165) is 28.1 Å². The lowest BCUT2D eigenvalue weighted by Crippen LogP contribution is -2.21. The molecular weight excluding hydrogens is 368 g/mol. The molecule has 0 N–H and O–H groups in total. The molecule has 4 aromatic rings. The van der Waals surface area contributed by atoms with Crippen molar-refractivity contribution in [2.24, 2.45) is 0 Å². The Hall–Kier alpha value is -2.92. The number of hydrogen-bond donors (Lipinski definition) is 0. The largest absolute Gasteiger partial charge is 0.494 e. The molecule has 0 aliphatic heterocycles. The van der Waals surface area contributed by atoms with Gasteiger partial charge in [-0.05, 0) is 38.0 Å². The van der Waals surface area contributed by atoms with Crippen molar-refractivity contribution in [1.82, 2.24) is 9.55 Å². The van der Waals surface area contributed by atoms with Gasteiger partial charge in [0.05, 0.1) is 18.3 Å². The van der Waals surface area contributed by atoms with Gasteiger partial charge in [-0.3, -0.25) is 9.36 Å². The molecule has 2 aromatic carbocycles. The predicted octanol–water partition coefficient (Wildman–Crippen LogP) is 5.21. The van der Waals surface area contributed by atoms with Crippen molar-refractivity contribution in [1.29, 1.82) is 0 Å². The highest BCUT2D eigenvalue weighted by molar-refractivity contribution is 7.17. The van der Waals surface area contributed by atoms with Gasteiger partial charge in [-0.1, -0.05) is 47.5 Å². The van der Waals surface area contributed by atoms with Crippen molar-refractivity contribution in [2.45, 2.75) is 26.8 Å². The standard InChI is InChI=1S/C23H22N2O2S/c1-16-4-8-18(9-5-16)20-14-28-22-21(20)23(26)25(15-24-22)12-3-13-27-19-10-6-17(2)7-11-19/h4-11,14-15H,3,12-13H2,1-2H3. The maximum atomic E-state index is 13.0. The predicted molar refractivity (Wildman–Crippen MR) is 115 cm³/mol. The minimum Gasteiger partial charge on any atom is -0.494 e. The van der Waals surface area contributed by atoms with Gasteiger partial charge < -0.3 is 4.74 Å². The first-order valence-corrected chi connectivity index (χ1v) is 10.2. The van der Waals surface area contributed by atoms with Gasteiger partial charge >= 0.3 is 0 Å². The zero-order chi connectivity index (χ0) is 19.5. The Morgan fingerprint density at radius 3 is 2.39 bits per heavy atom. The van der Waals surface area contributed by atoms with Gasteiger partial charge in [0.25, 0.3) is 5.56 Å². The normalized spacial score (nSPS) is 11.1. The van der Waals surface area contributed by atoms with Crippen LogP contribution in [-0.4, -0.2) is 16.2 Å². The van der Waals surface area contributed by atoms with Gasteiger partial charge in [0.1, 0.15) is 10.6 Å². The summed E-state index contributed by atoms with van der Waals surface area (Å²) in [5.74, 6) is 0.853. The molecule has 0 saturated carbocycles. The van der Waals surface area contributed by atoms with Crippen molar-refractivity contribution >= 4 is 21.6 Å².